The summed E-state index contributed by atoms with van der Waals surface area (Å²) in [5, 5.41) is 14.4. The van der Waals surface area contributed by atoms with E-state index in [1.165, 1.54) is 0 Å². The molecule has 26 heavy (non-hydrogen) atoms. The van der Waals surface area contributed by atoms with Gasteiger partial charge in [-0.2, -0.15) is 0 Å². The lowest BCUT2D eigenvalue weighted by molar-refractivity contribution is -0.138. The average molecular weight is 369 g/mol. The molecule has 1 aliphatic carbocycles. The van der Waals surface area contributed by atoms with Crippen molar-refractivity contribution in [1.82, 2.24) is 10.6 Å². The van der Waals surface area contributed by atoms with E-state index in [9.17, 15) is 14.4 Å². The molecule has 0 spiro atoms. The van der Waals surface area contributed by atoms with Crippen LogP contribution >= 0.6 is 0 Å². The Morgan fingerprint density at radius 2 is 1.96 bits per heavy atom. The third kappa shape index (κ3) is 4.63. The van der Waals surface area contributed by atoms with E-state index in [4.69, 9.17) is 21.3 Å². The number of epoxide rings is 1. The van der Waals surface area contributed by atoms with Crippen molar-refractivity contribution in [3.8, 4) is 0 Å². The zero-order chi connectivity index (χ0) is 19.5. The van der Waals surface area contributed by atoms with Crippen LogP contribution in [-0.2, 0) is 19.1 Å². The van der Waals surface area contributed by atoms with Crippen molar-refractivity contribution in [1.29, 1.82) is 0 Å². The number of carbonyl (C=O) groups is 3. The molecule has 0 radical (unpaired) electrons. The Balaban J connectivity index is 1.84. The normalized spacial score (nSPS) is 29.0. The van der Waals surface area contributed by atoms with Gasteiger partial charge in [0.1, 0.15) is 5.54 Å². The summed E-state index contributed by atoms with van der Waals surface area (Å²) in [5.41, 5.74) is 9.49. The highest BCUT2D eigenvalue weighted by atomic mass is 16.6. The third-order valence-corrected chi connectivity index (χ3v) is 4.73. The van der Waals surface area contributed by atoms with Gasteiger partial charge in [0.2, 0.25) is 5.91 Å². The number of nitrogens with two attached hydrogens (primary N) is 2. The predicted molar refractivity (Wildman–Crippen MR) is 93.0 cm³/mol. The van der Waals surface area contributed by atoms with Gasteiger partial charge in [-0.05, 0) is 31.1 Å². The van der Waals surface area contributed by atoms with Crippen molar-refractivity contribution < 1.29 is 24.2 Å². The van der Waals surface area contributed by atoms with Gasteiger partial charge in [-0.1, -0.05) is 13.8 Å². The number of amides is 2. The maximum Gasteiger partial charge on any atom is 0.336 e. The van der Waals surface area contributed by atoms with Crippen LogP contribution in [0.4, 0.5) is 0 Å². The van der Waals surface area contributed by atoms with Crippen molar-refractivity contribution in [2.75, 3.05) is 13.1 Å². The molecular formula is C16H27N5O5. The van der Waals surface area contributed by atoms with E-state index < -0.39 is 29.6 Å². The standard InChI is InChI=1S/C16H27N5O5/c1-8(2)9-7-16(9,21-12(22)10-11(26-10)13(23)24)14(25)19-5-3-4-6-20-15(17)18/h8-11H,3-7H2,1-2H3,(H,19,25)(H,21,22)(H,23,24)(H4,17,18,20)/t9-,10?,11-,16?/m0/s1. The fourth-order valence-electron chi connectivity index (χ4n) is 3.15. The fraction of sp³-hybridized carbons (Fsp3) is 0.750. The zero-order valence-corrected chi connectivity index (χ0v) is 15.0. The van der Waals surface area contributed by atoms with Crippen LogP contribution in [0.25, 0.3) is 0 Å². The molecule has 0 aromatic rings. The molecule has 2 amide bonds. The molecule has 2 rings (SSSR count). The molecule has 0 aromatic carbocycles. The van der Waals surface area contributed by atoms with Crippen LogP contribution in [-0.4, -0.2) is 59.7 Å². The second-order valence-electron chi connectivity index (χ2n) is 7.10. The number of hydrogen-bond acceptors (Lipinski definition) is 5. The molecule has 1 saturated carbocycles. The number of guanidine groups is 1. The van der Waals surface area contributed by atoms with Gasteiger partial charge >= 0.3 is 5.97 Å². The topological polar surface area (TPSA) is 172 Å². The third-order valence-electron chi connectivity index (χ3n) is 4.73. The Morgan fingerprint density at radius 3 is 2.46 bits per heavy atom. The molecule has 1 aliphatic heterocycles. The average Bonchev–Trinajstić information content (AvgIpc) is 3.42. The van der Waals surface area contributed by atoms with E-state index >= 15 is 0 Å². The number of unbranched alkanes of at least 4 members (excludes halogenated alkanes) is 1. The first-order valence-corrected chi connectivity index (χ1v) is 8.73. The highest BCUT2D eigenvalue weighted by molar-refractivity contribution is 5.98. The summed E-state index contributed by atoms with van der Waals surface area (Å²) in [7, 11) is 0. The molecule has 2 fully saturated rings. The van der Waals surface area contributed by atoms with Gasteiger partial charge < -0.3 is 31.9 Å². The zero-order valence-electron chi connectivity index (χ0n) is 15.0. The van der Waals surface area contributed by atoms with Crippen LogP contribution in [0.5, 0.6) is 0 Å². The Bertz CT molecular complexity index is 604. The summed E-state index contributed by atoms with van der Waals surface area (Å²) in [4.78, 5) is 39.5. The lowest BCUT2D eigenvalue weighted by atomic mass is 10.0. The van der Waals surface area contributed by atoms with Crippen molar-refractivity contribution in [2.24, 2.45) is 28.3 Å². The summed E-state index contributed by atoms with van der Waals surface area (Å²) >= 11 is 0. The monoisotopic (exact) mass is 369 g/mol. The first-order chi connectivity index (χ1) is 12.2. The number of aliphatic imine (C=N–C) groups is 1. The summed E-state index contributed by atoms with van der Waals surface area (Å²) in [5.74, 6) is -1.73. The molecule has 7 N–H and O–H groups in total. The lowest BCUT2D eigenvalue weighted by Gasteiger charge is -2.20. The van der Waals surface area contributed by atoms with E-state index in [1.54, 1.807) is 0 Å². The van der Waals surface area contributed by atoms with Crippen molar-refractivity contribution in [3.05, 3.63) is 0 Å². The van der Waals surface area contributed by atoms with E-state index in [-0.39, 0.29) is 23.7 Å². The van der Waals surface area contributed by atoms with Crippen LogP contribution in [0.2, 0.25) is 0 Å². The van der Waals surface area contributed by atoms with Gasteiger partial charge in [0.05, 0.1) is 0 Å². The molecule has 10 nitrogen and oxygen atoms in total. The molecule has 2 aliphatic rings. The fourth-order valence-corrected chi connectivity index (χ4v) is 3.15. The minimum atomic E-state index is -1.18. The van der Waals surface area contributed by atoms with Crippen molar-refractivity contribution in [2.45, 2.75) is 50.9 Å². The summed E-state index contributed by atoms with van der Waals surface area (Å²) in [6.45, 7) is 4.90. The van der Waals surface area contributed by atoms with Gasteiger partial charge in [-0.25, -0.2) is 4.79 Å². The second-order valence-corrected chi connectivity index (χ2v) is 7.10. The SMILES string of the molecule is CC(C)[C@@H]1CC1(NC(=O)C1O[C@@H]1C(=O)O)C(=O)NCCCCN=C(N)N. The van der Waals surface area contributed by atoms with Crippen LogP contribution in [0.15, 0.2) is 4.99 Å². The Kier molecular flexibility index (Phi) is 6.06. The second kappa shape index (κ2) is 7.90. The first kappa shape index (κ1) is 20.0. The van der Waals surface area contributed by atoms with Gasteiger partial charge in [-0.3, -0.25) is 14.6 Å². The van der Waals surface area contributed by atoms with Crippen LogP contribution in [0, 0.1) is 11.8 Å². The van der Waals surface area contributed by atoms with Gasteiger partial charge in [0.15, 0.2) is 18.2 Å². The van der Waals surface area contributed by atoms with Gasteiger partial charge in [0.25, 0.3) is 5.91 Å². The van der Waals surface area contributed by atoms with Gasteiger partial charge in [0, 0.05) is 13.1 Å². The maximum absolute atomic E-state index is 12.6. The molecule has 1 saturated heterocycles. The number of carbonyl (C=O) groups excluding carboxylic acids is 2. The van der Waals surface area contributed by atoms with Crippen LogP contribution in [0.3, 0.4) is 0 Å². The van der Waals surface area contributed by atoms with Gasteiger partial charge in [-0.15, -0.1) is 0 Å². The minimum Gasteiger partial charge on any atom is -0.479 e. The summed E-state index contributed by atoms with van der Waals surface area (Å²) < 4.78 is 4.86. The number of aliphatic carboxylic acids is 1. The smallest absolute Gasteiger partial charge is 0.336 e. The number of rotatable bonds is 10. The number of carboxylic acid groups (broad SMARTS) is 1. The summed E-state index contributed by atoms with van der Waals surface area (Å²) in [6, 6.07) is 0. The van der Waals surface area contributed by atoms with E-state index in [2.05, 4.69) is 15.6 Å². The largest absolute Gasteiger partial charge is 0.479 e. The lowest BCUT2D eigenvalue weighted by Crippen LogP contribution is -2.52. The number of carboxylic acids is 1. The van der Waals surface area contributed by atoms with E-state index in [1.807, 2.05) is 13.8 Å². The number of nitrogens with one attached hydrogen (secondary N) is 2. The molecule has 146 valence electrons. The van der Waals surface area contributed by atoms with Crippen molar-refractivity contribution >= 4 is 23.7 Å². The molecule has 0 bridgehead atoms. The summed E-state index contributed by atoms with van der Waals surface area (Å²) in [6.07, 6.45) is -0.194. The first-order valence-electron chi connectivity index (χ1n) is 8.73. The Hall–Kier alpha value is -2.36. The molecular weight excluding hydrogens is 342 g/mol. The van der Waals surface area contributed by atoms with Crippen LogP contribution < -0.4 is 22.1 Å². The Morgan fingerprint density at radius 1 is 1.27 bits per heavy atom. The van der Waals surface area contributed by atoms with Crippen LogP contribution in [0.1, 0.15) is 33.1 Å². The molecule has 10 heteroatoms. The highest BCUT2D eigenvalue weighted by Gasteiger charge is 2.64. The van der Waals surface area contributed by atoms with E-state index in [0.29, 0.717) is 25.9 Å². The minimum absolute atomic E-state index is 0.00937. The molecule has 4 atom stereocenters. The predicted octanol–water partition coefficient (Wildman–Crippen LogP) is -1.46. The molecule has 2 unspecified atom stereocenters. The number of ether oxygens (including phenoxy) is 1. The maximum atomic E-state index is 12.6. The number of nitrogens with zero attached hydrogens (tertiary/aromatic N) is 1. The van der Waals surface area contributed by atoms with E-state index in [0.717, 1.165) is 6.42 Å². The highest BCUT2D eigenvalue weighted by Crippen LogP contribution is 2.49. The Labute approximate surface area is 151 Å². The molecule has 0 aromatic heterocycles. The van der Waals surface area contributed by atoms with Crippen molar-refractivity contribution in [3.63, 3.8) is 0 Å². The quantitative estimate of drug-likeness (QED) is 0.135. The number of hydrogen-bond donors (Lipinski definition) is 5. The molecule has 1 heterocycles.